The highest BCUT2D eigenvalue weighted by molar-refractivity contribution is 5.71. The topological polar surface area (TPSA) is 9.23 Å². The smallest absolute Gasteiger partial charge is 0.167 e. The van der Waals surface area contributed by atoms with Gasteiger partial charge in [-0.05, 0) is 49.3 Å². The highest BCUT2D eigenvalue weighted by atomic mass is 19.2. The molecule has 1 fully saturated rings. The molecule has 41 heavy (non-hydrogen) atoms. The molecule has 5 heteroatoms. The standard InChI is InChI=1S/C36H42F4O/c1-3-5-6-7-8-9-10-11-13-28-19-20-29(34(38)33(28)37)26-15-17-27(18-16-26)30-21-22-31(36(40)35(30)39)32-23-14-25(12-4-2)24-41-32/h4,12,15-22,25,32H,3,5-11,13-14,23-24H2,1-2H3. The third-order valence-corrected chi connectivity index (χ3v) is 8.20. The monoisotopic (exact) mass is 566 g/mol. The van der Waals surface area contributed by atoms with E-state index in [1.165, 1.54) is 32.1 Å². The van der Waals surface area contributed by atoms with Crippen LogP contribution in [0.25, 0.3) is 22.3 Å². The number of rotatable bonds is 13. The molecule has 1 aliphatic rings. The number of aryl methyl sites for hydroxylation is 1. The fourth-order valence-corrected chi connectivity index (χ4v) is 5.76. The molecule has 0 saturated carbocycles. The van der Waals surface area contributed by atoms with Gasteiger partial charge in [0.25, 0.3) is 0 Å². The Kier molecular flexibility index (Phi) is 11.6. The molecule has 220 valence electrons. The zero-order valence-corrected chi connectivity index (χ0v) is 24.3. The number of benzene rings is 3. The third kappa shape index (κ3) is 7.88. The van der Waals surface area contributed by atoms with Gasteiger partial charge < -0.3 is 4.74 Å². The highest BCUT2D eigenvalue weighted by Crippen LogP contribution is 2.36. The normalized spacial score (nSPS) is 17.4. The van der Waals surface area contributed by atoms with Crippen LogP contribution in [0.4, 0.5) is 17.6 Å². The molecule has 1 nitrogen and oxygen atoms in total. The van der Waals surface area contributed by atoms with Gasteiger partial charge in [-0.2, -0.15) is 0 Å². The first-order valence-electron chi connectivity index (χ1n) is 15.2. The van der Waals surface area contributed by atoms with E-state index in [0.717, 1.165) is 25.7 Å². The fourth-order valence-electron chi connectivity index (χ4n) is 5.76. The summed E-state index contributed by atoms with van der Waals surface area (Å²) in [7, 11) is 0. The van der Waals surface area contributed by atoms with Crippen molar-refractivity contribution in [3.63, 3.8) is 0 Å². The summed E-state index contributed by atoms with van der Waals surface area (Å²) in [5.41, 5.74) is 1.83. The number of unbranched alkanes of at least 4 members (excludes halogenated alkanes) is 7. The molecule has 0 N–H and O–H groups in total. The minimum atomic E-state index is -0.933. The van der Waals surface area contributed by atoms with Gasteiger partial charge in [0.1, 0.15) is 0 Å². The second kappa shape index (κ2) is 15.3. The molecule has 0 aliphatic carbocycles. The van der Waals surface area contributed by atoms with Crippen LogP contribution in [0.3, 0.4) is 0 Å². The van der Waals surface area contributed by atoms with Crippen molar-refractivity contribution in [3.05, 3.63) is 95.1 Å². The zero-order valence-electron chi connectivity index (χ0n) is 24.3. The lowest BCUT2D eigenvalue weighted by Crippen LogP contribution is -2.20. The van der Waals surface area contributed by atoms with Crippen LogP contribution in [-0.4, -0.2) is 6.61 Å². The van der Waals surface area contributed by atoms with Crippen LogP contribution >= 0.6 is 0 Å². The molecule has 0 radical (unpaired) electrons. The molecule has 2 atom stereocenters. The van der Waals surface area contributed by atoms with Crippen molar-refractivity contribution in [2.75, 3.05) is 6.61 Å². The van der Waals surface area contributed by atoms with E-state index in [4.69, 9.17) is 4.74 Å². The Morgan fingerprint density at radius 3 is 1.85 bits per heavy atom. The first-order valence-corrected chi connectivity index (χ1v) is 15.2. The Morgan fingerprint density at radius 1 is 0.683 bits per heavy atom. The van der Waals surface area contributed by atoms with Crippen molar-refractivity contribution in [3.8, 4) is 22.3 Å². The lowest BCUT2D eigenvalue weighted by molar-refractivity contribution is -0.00743. The molecule has 0 bridgehead atoms. The lowest BCUT2D eigenvalue weighted by atomic mass is 9.92. The number of hydrogen-bond acceptors (Lipinski definition) is 1. The summed E-state index contributed by atoms with van der Waals surface area (Å²) in [4.78, 5) is 0. The summed E-state index contributed by atoms with van der Waals surface area (Å²) in [5.74, 6) is -3.22. The summed E-state index contributed by atoms with van der Waals surface area (Å²) in [5, 5.41) is 0. The Hall–Kier alpha value is -2.92. The van der Waals surface area contributed by atoms with Crippen LogP contribution in [0.1, 0.15) is 95.3 Å². The van der Waals surface area contributed by atoms with Crippen molar-refractivity contribution in [1.29, 1.82) is 0 Å². The number of ether oxygens (including phenoxy) is 1. The van der Waals surface area contributed by atoms with Crippen LogP contribution in [0.5, 0.6) is 0 Å². The van der Waals surface area contributed by atoms with E-state index in [-0.39, 0.29) is 16.7 Å². The molecular formula is C36H42F4O. The van der Waals surface area contributed by atoms with E-state index in [1.54, 1.807) is 48.5 Å². The molecule has 2 unspecified atom stereocenters. The molecule has 3 aromatic rings. The van der Waals surface area contributed by atoms with Crippen LogP contribution < -0.4 is 0 Å². The maximum atomic E-state index is 15.2. The first kappa shape index (κ1) is 31.0. The summed E-state index contributed by atoms with van der Waals surface area (Å²) in [6.45, 7) is 4.64. The van der Waals surface area contributed by atoms with Crippen molar-refractivity contribution >= 4 is 0 Å². The average Bonchev–Trinajstić information content (AvgIpc) is 2.99. The van der Waals surface area contributed by atoms with E-state index in [9.17, 15) is 4.39 Å². The minimum Gasteiger partial charge on any atom is -0.373 e. The zero-order chi connectivity index (χ0) is 29.2. The SMILES string of the molecule is CC=CC1CCC(c2ccc(-c3ccc(-c4ccc(CCCCCCCCCC)c(F)c4F)cc3)c(F)c2F)OC1. The summed E-state index contributed by atoms with van der Waals surface area (Å²) < 4.78 is 66.0. The Bertz CT molecular complexity index is 1290. The van der Waals surface area contributed by atoms with E-state index >= 15 is 13.2 Å². The van der Waals surface area contributed by atoms with E-state index in [0.29, 0.717) is 42.1 Å². The third-order valence-electron chi connectivity index (χ3n) is 8.20. The van der Waals surface area contributed by atoms with Crippen molar-refractivity contribution in [2.24, 2.45) is 5.92 Å². The largest absolute Gasteiger partial charge is 0.373 e. The second-order valence-electron chi connectivity index (χ2n) is 11.2. The van der Waals surface area contributed by atoms with Crippen molar-refractivity contribution < 1.29 is 22.3 Å². The minimum absolute atomic E-state index is 0.118. The van der Waals surface area contributed by atoms with Crippen LogP contribution in [-0.2, 0) is 11.2 Å². The maximum absolute atomic E-state index is 15.2. The fraction of sp³-hybridized carbons (Fsp3) is 0.444. The summed E-state index contributed by atoms with van der Waals surface area (Å²) in [6, 6.07) is 12.9. The van der Waals surface area contributed by atoms with Crippen molar-refractivity contribution in [1.82, 2.24) is 0 Å². The Balaban J connectivity index is 1.39. The summed E-state index contributed by atoms with van der Waals surface area (Å²) in [6.07, 6.45) is 14.8. The molecule has 0 amide bonds. The second-order valence-corrected chi connectivity index (χ2v) is 11.2. The van der Waals surface area contributed by atoms with Crippen LogP contribution in [0.2, 0.25) is 0 Å². The van der Waals surface area contributed by atoms with E-state index in [2.05, 4.69) is 13.0 Å². The molecule has 1 saturated heterocycles. The van der Waals surface area contributed by atoms with Gasteiger partial charge in [-0.25, -0.2) is 17.6 Å². The molecular weight excluding hydrogens is 524 g/mol. The average molecular weight is 567 g/mol. The highest BCUT2D eigenvalue weighted by Gasteiger charge is 2.26. The lowest BCUT2D eigenvalue weighted by Gasteiger charge is -2.28. The number of allylic oxidation sites excluding steroid dienone is 1. The van der Waals surface area contributed by atoms with E-state index in [1.807, 2.05) is 13.0 Å². The van der Waals surface area contributed by atoms with Gasteiger partial charge in [-0.1, -0.05) is 113 Å². The van der Waals surface area contributed by atoms with Gasteiger partial charge in [-0.3, -0.25) is 0 Å². The van der Waals surface area contributed by atoms with Crippen LogP contribution in [0.15, 0.2) is 60.7 Å². The van der Waals surface area contributed by atoms with Gasteiger partial charge in [0.15, 0.2) is 23.3 Å². The number of halogens is 4. The van der Waals surface area contributed by atoms with Gasteiger partial charge in [0.05, 0.1) is 12.7 Å². The van der Waals surface area contributed by atoms with Gasteiger partial charge >= 0.3 is 0 Å². The van der Waals surface area contributed by atoms with E-state index < -0.39 is 29.4 Å². The number of hydrogen-bond donors (Lipinski definition) is 0. The molecule has 3 aromatic carbocycles. The molecule has 0 spiro atoms. The quantitative estimate of drug-likeness (QED) is 0.114. The van der Waals surface area contributed by atoms with Crippen LogP contribution in [0, 0.1) is 29.2 Å². The van der Waals surface area contributed by atoms with Gasteiger partial charge in [0, 0.05) is 22.6 Å². The molecule has 1 heterocycles. The maximum Gasteiger partial charge on any atom is 0.167 e. The Labute approximate surface area is 242 Å². The molecule has 4 rings (SSSR count). The Morgan fingerprint density at radius 2 is 1.27 bits per heavy atom. The van der Waals surface area contributed by atoms with Crippen molar-refractivity contribution in [2.45, 2.75) is 90.6 Å². The van der Waals surface area contributed by atoms with Gasteiger partial charge in [0.2, 0.25) is 0 Å². The molecule has 1 aliphatic heterocycles. The molecule has 0 aromatic heterocycles. The predicted octanol–water partition coefficient (Wildman–Crippen LogP) is 11.3. The first-order chi connectivity index (χ1) is 19.9. The summed E-state index contributed by atoms with van der Waals surface area (Å²) >= 11 is 0. The predicted molar refractivity (Wildman–Crippen MR) is 160 cm³/mol. The van der Waals surface area contributed by atoms with Gasteiger partial charge in [-0.15, -0.1) is 0 Å².